The van der Waals surface area contributed by atoms with Crippen molar-refractivity contribution in [3.05, 3.63) is 29.3 Å². The maximum atomic E-state index is 11.3. The molecule has 4 nitrogen and oxygen atoms in total. The number of aliphatic hydroxyl groups excluding tert-OH is 1. The van der Waals surface area contributed by atoms with Crippen molar-refractivity contribution in [1.29, 1.82) is 0 Å². The van der Waals surface area contributed by atoms with Crippen LogP contribution in [0.25, 0.3) is 0 Å². The summed E-state index contributed by atoms with van der Waals surface area (Å²) in [6.45, 7) is 0.818. The molecule has 1 heterocycles. The van der Waals surface area contributed by atoms with Crippen molar-refractivity contribution in [3.63, 3.8) is 0 Å². The predicted octanol–water partition coefficient (Wildman–Crippen LogP) is 0.301. The van der Waals surface area contributed by atoms with Gasteiger partial charge in [0.2, 0.25) is 0 Å². The molecule has 0 aliphatic carbocycles. The maximum Gasteiger partial charge on any atom is 0.252 e. The first-order valence-corrected chi connectivity index (χ1v) is 4.46. The molecule has 1 aromatic rings. The molecular formula is C10H11NO3. The molecule has 1 aliphatic rings. The molecule has 14 heavy (non-hydrogen) atoms. The number of carbonyl (C=O) groups excluding carboxylic acids is 1. The minimum absolute atomic E-state index is 0.0245. The molecule has 0 radical (unpaired) electrons. The van der Waals surface area contributed by atoms with Crippen LogP contribution in [0.5, 0.6) is 5.75 Å². The summed E-state index contributed by atoms with van der Waals surface area (Å²) >= 11 is 0. The van der Waals surface area contributed by atoms with E-state index in [1.807, 2.05) is 6.07 Å². The van der Waals surface area contributed by atoms with Gasteiger partial charge in [0.1, 0.15) is 12.4 Å². The number of nitrogens with one attached hydrogen (secondary N) is 1. The SMILES string of the molecule is O=C1NCc2ccc(OCCO)cc21. The van der Waals surface area contributed by atoms with Crippen molar-refractivity contribution in [2.24, 2.45) is 0 Å². The number of aliphatic hydroxyl groups is 1. The van der Waals surface area contributed by atoms with Gasteiger partial charge in [0.15, 0.2) is 0 Å². The Balaban J connectivity index is 2.21. The minimum atomic E-state index is -0.0607. The Morgan fingerprint density at radius 3 is 3.14 bits per heavy atom. The molecule has 1 aromatic carbocycles. The van der Waals surface area contributed by atoms with Crippen LogP contribution >= 0.6 is 0 Å². The number of hydrogen-bond donors (Lipinski definition) is 2. The smallest absolute Gasteiger partial charge is 0.252 e. The first kappa shape index (κ1) is 9.02. The predicted molar refractivity (Wildman–Crippen MR) is 50.2 cm³/mol. The number of hydrogen-bond acceptors (Lipinski definition) is 3. The Bertz CT molecular complexity index is 362. The summed E-state index contributed by atoms with van der Waals surface area (Å²) in [4.78, 5) is 11.3. The summed E-state index contributed by atoms with van der Waals surface area (Å²) in [7, 11) is 0. The fraction of sp³-hybridized carbons (Fsp3) is 0.300. The first-order chi connectivity index (χ1) is 6.81. The van der Waals surface area contributed by atoms with Crippen molar-refractivity contribution < 1.29 is 14.6 Å². The van der Waals surface area contributed by atoms with Gasteiger partial charge in [-0.1, -0.05) is 6.07 Å². The van der Waals surface area contributed by atoms with Crippen LogP contribution < -0.4 is 10.1 Å². The van der Waals surface area contributed by atoms with E-state index in [9.17, 15) is 4.79 Å². The van der Waals surface area contributed by atoms with Gasteiger partial charge < -0.3 is 15.2 Å². The number of fused-ring (bicyclic) bond motifs is 1. The van der Waals surface area contributed by atoms with Crippen molar-refractivity contribution in [2.45, 2.75) is 6.54 Å². The average molecular weight is 193 g/mol. The number of amides is 1. The Labute approximate surface area is 81.5 Å². The minimum Gasteiger partial charge on any atom is -0.491 e. The molecule has 2 N–H and O–H groups in total. The van der Waals surface area contributed by atoms with E-state index in [0.29, 0.717) is 17.9 Å². The summed E-state index contributed by atoms with van der Waals surface area (Å²) in [6, 6.07) is 5.36. The highest BCUT2D eigenvalue weighted by molar-refractivity contribution is 5.98. The Hall–Kier alpha value is -1.55. The van der Waals surface area contributed by atoms with Crippen LogP contribution in [-0.4, -0.2) is 24.2 Å². The highest BCUT2D eigenvalue weighted by Crippen LogP contribution is 2.21. The van der Waals surface area contributed by atoms with Gasteiger partial charge in [-0.05, 0) is 17.7 Å². The van der Waals surface area contributed by atoms with Gasteiger partial charge in [-0.25, -0.2) is 0 Å². The second kappa shape index (κ2) is 3.67. The zero-order valence-corrected chi connectivity index (χ0v) is 7.62. The second-order valence-electron chi connectivity index (χ2n) is 3.07. The summed E-state index contributed by atoms with van der Waals surface area (Å²) < 4.78 is 5.20. The number of carbonyl (C=O) groups is 1. The van der Waals surface area contributed by atoms with Crippen LogP contribution in [0.15, 0.2) is 18.2 Å². The van der Waals surface area contributed by atoms with Crippen molar-refractivity contribution >= 4 is 5.91 Å². The number of rotatable bonds is 3. The third kappa shape index (κ3) is 1.56. The molecule has 2 rings (SSSR count). The average Bonchev–Trinajstić information content (AvgIpc) is 2.57. The van der Waals surface area contributed by atoms with E-state index >= 15 is 0 Å². The Morgan fingerprint density at radius 2 is 2.36 bits per heavy atom. The molecule has 74 valence electrons. The highest BCUT2D eigenvalue weighted by Gasteiger charge is 2.18. The molecule has 1 aliphatic heterocycles. The molecule has 0 aromatic heterocycles. The molecule has 0 saturated carbocycles. The third-order valence-corrected chi connectivity index (χ3v) is 2.13. The lowest BCUT2D eigenvalue weighted by molar-refractivity contribution is 0.0965. The van der Waals surface area contributed by atoms with Crippen LogP contribution in [0, 0.1) is 0 Å². The van der Waals surface area contributed by atoms with Gasteiger partial charge >= 0.3 is 0 Å². The van der Waals surface area contributed by atoms with E-state index in [2.05, 4.69) is 5.32 Å². The summed E-state index contributed by atoms with van der Waals surface area (Å²) in [5, 5.41) is 11.3. The lowest BCUT2D eigenvalue weighted by Gasteiger charge is -2.04. The van der Waals surface area contributed by atoms with Crippen LogP contribution in [0.2, 0.25) is 0 Å². The summed E-state index contributed by atoms with van der Waals surface area (Å²) in [5.41, 5.74) is 1.66. The molecule has 0 bridgehead atoms. The molecule has 0 unspecified atom stereocenters. The van der Waals surface area contributed by atoms with E-state index < -0.39 is 0 Å². The Kier molecular flexibility index (Phi) is 2.37. The fourth-order valence-corrected chi connectivity index (χ4v) is 1.45. The highest BCUT2D eigenvalue weighted by atomic mass is 16.5. The van der Waals surface area contributed by atoms with Gasteiger partial charge in [-0.2, -0.15) is 0 Å². The zero-order chi connectivity index (χ0) is 9.97. The largest absolute Gasteiger partial charge is 0.491 e. The molecule has 1 amide bonds. The van der Waals surface area contributed by atoms with Gasteiger partial charge in [0.05, 0.1) is 6.61 Å². The number of benzene rings is 1. The van der Waals surface area contributed by atoms with Gasteiger partial charge in [0, 0.05) is 12.1 Å². The molecule has 0 saturated heterocycles. The molecular weight excluding hydrogens is 182 g/mol. The van der Waals surface area contributed by atoms with E-state index in [0.717, 1.165) is 5.56 Å². The first-order valence-electron chi connectivity index (χ1n) is 4.46. The van der Waals surface area contributed by atoms with E-state index in [4.69, 9.17) is 9.84 Å². The van der Waals surface area contributed by atoms with E-state index in [1.165, 1.54) is 0 Å². The zero-order valence-electron chi connectivity index (χ0n) is 7.62. The normalized spacial score (nSPS) is 13.6. The van der Waals surface area contributed by atoms with E-state index in [1.54, 1.807) is 12.1 Å². The van der Waals surface area contributed by atoms with Crippen LogP contribution in [0.1, 0.15) is 15.9 Å². The molecule has 0 atom stereocenters. The van der Waals surface area contributed by atoms with Gasteiger partial charge in [0.25, 0.3) is 5.91 Å². The van der Waals surface area contributed by atoms with Crippen molar-refractivity contribution in [1.82, 2.24) is 5.32 Å². The monoisotopic (exact) mass is 193 g/mol. The summed E-state index contributed by atoms with van der Waals surface area (Å²) in [6.07, 6.45) is 0. The molecule has 0 fully saturated rings. The Morgan fingerprint density at radius 1 is 1.50 bits per heavy atom. The van der Waals surface area contributed by atoms with Crippen LogP contribution in [-0.2, 0) is 6.54 Å². The standard InChI is InChI=1S/C10H11NO3/c12-3-4-14-8-2-1-7-6-11-10(13)9(7)5-8/h1-2,5,12H,3-4,6H2,(H,11,13). The molecule has 4 heteroatoms. The lowest BCUT2D eigenvalue weighted by Crippen LogP contribution is -2.12. The van der Waals surface area contributed by atoms with E-state index in [-0.39, 0.29) is 19.1 Å². The quantitative estimate of drug-likeness (QED) is 0.726. The van der Waals surface area contributed by atoms with Gasteiger partial charge in [-0.15, -0.1) is 0 Å². The third-order valence-electron chi connectivity index (χ3n) is 2.13. The lowest BCUT2D eigenvalue weighted by atomic mass is 10.1. The van der Waals surface area contributed by atoms with Crippen LogP contribution in [0.3, 0.4) is 0 Å². The molecule has 0 spiro atoms. The van der Waals surface area contributed by atoms with Crippen LogP contribution in [0.4, 0.5) is 0 Å². The van der Waals surface area contributed by atoms with Crippen molar-refractivity contribution in [2.75, 3.05) is 13.2 Å². The van der Waals surface area contributed by atoms with Gasteiger partial charge in [-0.3, -0.25) is 4.79 Å². The maximum absolute atomic E-state index is 11.3. The topological polar surface area (TPSA) is 58.6 Å². The summed E-state index contributed by atoms with van der Waals surface area (Å²) in [5.74, 6) is 0.560. The number of ether oxygens (including phenoxy) is 1. The second-order valence-corrected chi connectivity index (χ2v) is 3.07. The van der Waals surface area contributed by atoms with Crippen molar-refractivity contribution in [3.8, 4) is 5.75 Å². The fourth-order valence-electron chi connectivity index (χ4n) is 1.45.